The van der Waals surface area contributed by atoms with Gasteiger partial charge in [-0.3, -0.25) is 0 Å². The summed E-state index contributed by atoms with van der Waals surface area (Å²) in [6.07, 6.45) is 4.04. The Morgan fingerprint density at radius 3 is 2.59 bits per heavy atom. The number of nitrogens with zero attached hydrogens (tertiary/aromatic N) is 6. The second-order valence-electron chi connectivity index (χ2n) is 9.09. The van der Waals surface area contributed by atoms with Crippen molar-refractivity contribution in [2.45, 2.75) is 38.8 Å². The Kier molecular flexibility index (Phi) is 6.16. The smallest absolute Gasteiger partial charge is 0.322 e. The van der Waals surface area contributed by atoms with Crippen LogP contribution in [-0.4, -0.2) is 51.2 Å². The Balaban J connectivity index is 1.32. The number of rotatable bonds is 7. The molecule has 3 aromatic rings. The van der Waals surface area contributed by atoms with Crippen LogP contribution in [0.2, 0.25) is 5.02 Å². The summed E-state index contributed by atoms with van der Waals surface area (Å²) < 4.78 is 26.5. The predicted molar refractivity (Wildman–Crippen MR) is 126 cm³/mol. The summed E-state index contributed by atoms with van der Waals surface area (Å²) in [6, 6.07) is 6.54. The molecule has 9 nitrogen and oxygen atoms in total. The lowest BCUT2D eigenvalue weighted by Crippen LogP contribution is -2.48. The highest BCUT2D eigenvalue weighted by Crippen LogP contribution is 2.40. The van der Waals surface area contributed by atoms with Crippen molar-refractivity contribution in [1.29, 1.82) is 0 Å². The molecule has 0 amide bonds. The molecular formula is C23H27ClFN7O2. The van der Waals surface area contributed by atoms with E-state index in [0.717, 1.165) is 31.6 Å². The number of anilines is 2. The van der Waals surface area contributed by atoms with Gasteiger partial charge in [-0.25, -0.2) is 9.07 Å². The lowest BCUT2D eigenvalue weighted by atomic mass is 9.92. The minimum atomic E-state index is -0.471. The third-order valence-corrected chi connectivity index (χ3v) is 6.67. The molecule has 2 atom stereocenters. The lowest BCUT2D eigenvalue weighted by Gasteiger charge is -2.39. The van der Waals surface area contributed by atoms with E-state index in [4.69, 9.17) is 21.1 Å². The van der Waals surface area contributed by atoms with Gasteiger partial charge in [-0.05, 0) is 50.7 Å². The fraction of sp³-hybridized carbons (Fsp3) is 0.478. The quantitative estimate of drug-likeness (QED) is 0.518. The average molecular weight is 488 g/mol. The molecule has 1 N–H and O–H groups in total. The Labute approximate surface area is 202 Å². The first-order chi connectivity index (χ1) is 16.4. The second kappa shape index (κ2) is 9.25. The molecule has 2 aromatic heterocycles. The van der Waals surface area contributed by atoms with Gasteiger partial charge in [0.05, 0.1) is 25.0 Å². The van der Waals surface area contributed by atoms with Gasteiger partial charge in [0.25, 0.3) is 0 Å². The number of halogens is 2. The van der Waals surface area contributed by atoms with E-state index in [1.54, 1.807) is 24.1 Å². The van der Waals surface area contributed by atoms with Crippen molar-refractivity contribution in [3.05, 3.63) is 41.3 Å². The number of nitrogens with one attached hydrogen (secondary N) is 1. The standard InChI is InChI=1S/C23H27ClFN7O2/c1-13(2)32-23(34-19-7-16(24)6-17(25)8-19)28-22(30-32)27-21-14-4-5-15(21)12-31(11-14)18-9-20(33-3)29-26-10-18/h6-10,13-15,21H,4-5,11-12H2,1-3H3,(H,27,30). The number of benzene rings is 1. The number of hydrogen-bond acceptors (Lipinski definition) is 8. The summed E-state index contributed by atoms with van der Waals surface area (Å²) in [5.74, 6) is 1.71. The van der Waals surface area contributed by atoms with Crippen LogP contribution in [0.15, 0.2) is 30.5 Å². The molecule has 11 heteroatoms. The summed E-state index contributed by atoms with van der Waals surface area (Å²) in [6.45, 7) is 5.78. The van der Waals surface area contributed by atoms with Crippen molar-refractivity contribution < 1.29 is 13.9 Å². The van der Waals surface area contributed by atoms with Crippen LogP contribution < -0.4 is 19.7 Å². The maximum atomic E-state index is 13.8. The molecule has 1 saturated carbocycles. The van der Waals surface area contributed by atoms with E-state index >= 15 is 0 Å². The van der Waals surface area contributed by atoms with Crippen LogP contribution in [0.1, 0.15) is 32.7 Å². The number of aromatic nitrogens is 5. The van der Waals surface area contributed by atoms with Crippen molar-refractivity contribution in [2.24, 2.45) is 11.8 Å². The van der Waals surface area contributed by atoms with Crippen LogP contribution in [0.25, 0.3) is 0 Å². The van der Waals surface area contributed by atoms with Crippen molar-refractivity contribution in [2.75, 3.05) is 30.4 Å². The summed E-state index contributed by atoms with van der Waals surface area (Å²) in [5.41, 5.74) is 1.02. The van der Waals surface area contributed by atoms with Gasteiger partial charge in [-0.2, -0.15) is 10.1 Å². The summed E-state index contributed by atoms with van der Waals surface area (Å²) in [5, 5.41) is 16.5. The number of ether oxygens (including phenoxy) is 2. The molecule has 1 aromatic carbocycles. The Morgan fingerprint density at radius 2 is 1.91 bits per heavy atom. The predicted octanol–water partition coefficient (Wildman–Crippen LogP) is 4.57. The van der Waals surface area contributed by atoms with E-state index in [-0.39, 0.29) is 22.9 Å². The van der Waals surface area contributed by atoms with Gasteiger partial charge in [0, 0.05) is 36.3 Å². The molecule has 3 heterocycles. The Morgan fingerprint density at radius 1 is 1.15 bits per heavy atom. The number of fused-ring (bicyclic) bond motifs is 2. The third-order valence-electron chi connectivity index (χ3n) is 6.46. The van der Waals surface area contributed by atoms with Crippen molar-refractivity contribution in [3.8, 4) is 17.6 Å². The van der Waals surface area contributed by atoms with Crippen LogP contribution in [-0.2, 0) is 0 Å². The van der Waals surface area contributed by atoms with Gasteiger partial charge in [0.15, 0.2) is 0 Å². The summed E-state index contributed by atoms with van der Waals surface area (Å²) in [7, 11) is 1.60. The number of methoxy groups -OCH3 is 1. The topological polar surface area (TPSA) is 90.2 Å². The molecule has 2 aliphatic rings. The van der Waals surface area contributed by atoms with E-state index in [1.165, 1.54) is 12.1 Å². The highest BCUT2D eigenvalue weighted by molar-refractivity contribution is 6.30. The zero-order chi connectivity index (χ0) is 23.8. The van der Waals surface area contributed by atoms with Crippen LogP contribution in [0.5, 0.6) is 17.6 Å². The monoisotopic (exact) mass is 487 g/mol. The molecule has 1 aliphatic carbocycles. The minimum Gasteiger partial charge on any atom is -0.480 e. The molecule has 34 heavy (non-hydrogen) atoms. The fourth-order valence-electron chi connectivity index (χ4n) is 4.90. The van der Waals surface area contributed by atoms with Crippen molar-refractivity contribution >= 4 is 23.2 Å². The number of piperidine rings is 1. The van der Waals surface area contributed by atoms with Gasteiger partial charge in [-0.1, -0.05) is 11.6 Å². The van der Waals surface area contributed by atoms with Crippen LogP contribution >= 0.6 is 11.6 Å². The van der Waals surface area contributed by atoms with Gasteiger partial charge < -0.3 is 19.7 Å². The maximum Gasteiger partial charge on any atom is 0.322 e. The maximum absolute atomic E-state index is 13.8. The fourth-order valence-corrected chi connectivity index (χ4v) is 5.11. The molecule has 5 rings (SSSR count). The second-order valence-corrected chi connectivity index (χ2v) is 9.53. The first-order valence-corrected chi connectivity index (χ1v) is 11.8. The molecule has 0 spiro atoms. The summed E-state index contributed by atoms with van der Waals surface area (Å²) >= 11 is 5.97. The first-order valence-electron chi connectivity index (χ1n) is 11.4. The van der Waals surface area contributed by atoms with E-state index < -0.39 is 5.82 Å². The van der Waals surface area contributed by atoms with E-state index in [1.807, 2.05) is 19.9 Å². The normalized spacial score (nSPS) is 21.7. The van der Waals surface area contributed by atoms with Gasteiger partial charge >= 0.3 is 6.01 Å². The molecule has 1 aliphatic heterocycles. The molecule has 0 radical (unpaired) electrons. The van der Waals surface area contributed by atoms with Crippen LogP contribution in [0, 0.1) is 17.7 Å². The highest BCUT2D eigenvalue weighted by atomic mass is 35.5. The lowest BCUT2D eigenvalue weighted by molar-refractivity contribution is 0.371. The Hall–Kier alpha value is -3.14. The van der Waals surface area contributed by atoms with Crippen molar-refractivity contribution in [3.63, 3.8) is 0 Å². The highest BCUT2D eigenvalue weighted by Gasteiger charge is 2.43. The van der Waals surface area contributed by atoms with E-state index in [9.17, 15) is 4.39 Å². The number of hydrogen-bond donors (Lipinski definition) is 1. The molecule has 2 fully saturated rings. The zero-order valence-corrected chi connectivity index (χ0v) is 20.0. The van der Waals surface area contributed by atoms with Crippen molar-refractivity contribution in [1.82, 2.24) is 25.0 Å². The third kappa shape index (κ3) is 4.59. The van der Waals surface area contributed by atoms with E-state index in [0.29, 0.717) is 29.7 Å². The van der Waals surface area contributed by atoms with Crippen LogP contribution in [0.4, 0.5) is 16.0 Å². The minimum absolute atomic E-state index is 0.00909. The van der Waals surface area contributed by atoms with Gasteiger partial charge in [-0.15, -0.1) is 10.2 Å². The first kappa shape index (κ1) is 22.6. The van der Waals surface area contributed by atoms with Gasteiger partial charge in [0.1, 0.15) is 11.6 Å². The summed E-state index contributed by atoms with van der Waals surface area (Å²) in [4.78, 5) is 6.93. The molecule has 1 saturated heterocycles. The van der Waals surface area contributed by atoms with E-state index in [2.05, 4.69) is 30.5 Å². The Bertz CT molecular complexity index is 1140. The SMILES string of the molecule is COc1cc(N2CC3CCC(C2)C3Nc2nc(Oc3cc(F)cc(Cl)c3)n(C(C)C)n2)cnn1. The molecule has 2 unspecified atom stereocenters. The van der Waals surface area contributed by atoms with Crippen LogP contribution in [0.3, 0.4) is 0 Å². The average Bonchev–Trinajstić information content (AvgIpc) is 3.29. The largest absolute Gasteiger partial charge is 0.480 e. The zero-order valence-electron chi connectivity index (χ0n) is 19.3. The molecule has 180 valence electrons. The molecular weight excluding hydrogens is 461 g/mol. The molecule has 2 bridgehead atoms. The van der Waals surface area contributed by atoms with Gasteiger partial charge in [0.2, 0.25) is 11.8 Å².